The van der Waals surface area contributed by atoms with Crippen LogP contribution < -0.4 is 0 Å². The highest BCUT2D eigenvalue weighted by Gasteiger charge is 2.47. The van der Waals surface area contributed by atoms with Crippen LogP contribution in [0.15, 0.2) is 0 Å². The van der Waals surface area contributed by atoms with Gasteiger partial charge in [0.25, 0.3) is 0 Å². The third kappa shape index (κ3) is 0.993. The van der Waals surface area contributed by atoms with Crippen LogP contribution in [0, 0.1) is 11.8 Å². The molecule has 0 aromatic rings. The van der Waals surface area contributed by atoms with Crippen molar-refractivity contribution < 1.29 is 9.53 Å². The number of hydrogen-bond acceptors (Lipinski definition) is 2. The van der Waals surface area contributed by atoms with E-state index in [1.165, 1.54) is 26.4 Å². The lowest BCUT2D eigenvalue weighted by atomic mass is 9.84. The summed E-state index contributed by atoms with van der Waals surface area (Å²) in [4.78, 5) is 12.9. The highest BCUT2D eigenvalue weighted by molar-refractivity contribution is 5.67. The van der Waals surface area contributed by atoms with Crippen molar-refractivity contribution in [2.45, 2.75) is 25.3 Å². The molecule has 3 aliphatic carbocycles. The van der Waals surface area contributed by atoms with Gasteiger partial charge in [-0.25, -0.2) is 4.79 Å². The number of methoxy groups -OCH3 is 1. The number of carbonyl (C=O) groups is 1. The maximum atomic E-state index is 11.2. The first kappa shape index (κ1) is 7.90. The van der Waals surface area contributed by atoms with E-state index in [9.17, 15) is 4.79 Å². The Bertz CT molecular complexity index is 199. The maximum Gasteiger partial charge on any atom is 0.409 e. The summed E-state index contributed by atoms with van der Waals surface area (Å²) in [6.07, 6.45) is 3.65. The summed E-state index contributed by atoms with van der Waals surface area (Å²) in [6, 6.07) is 0.461. The summed E-state index contributed by atoms with van der Waals surface area (Å²) >= 11 is 0. The number of fused-ring (bicyclic) bond motifs is 1. The van der Waals surface area contributed by atoms with E-state index in [0.717, 1.165) is 11.8 Å². The van der Waals surface area contributed by atoms with E-state index in [4.69, 9.17) is 0 Å². The van der Waals surface area contributed by atoms with Crippen LogP contribution in [0.3, 0.4) is 0 Å². The molecule has 3 heteroatoms. The van der Waals surface area contributed by atoms with E-state index in [1.54, 1.807) is 4.90 Å². The van der Waals surface area contributed by atoms with Gasteiger partial charge in [0.2, 0.25) is 0 Å². The van der Waals surface area contributed by atoms with Gasteiger partial charge >= 0.3 is 6.09 Å². The van der Waals surface area contributed by atoms with Gasteiger partial charge in [-0.05, 0) is 31.1 Å². The number of hydrogen-bond donors (Lipinski definition) is 0. The predicted molar refractivity (Wildman–Crippen MR) is 44.8 cm³/mol. The van der Waals surface area contributed by atoms with Crippen LogP contribution in [0.2, 0.25) is 0 Å². The second kappa shape index (κ2) is 2.64. The standard InChI is InChI=1S/C9H15NO2/c1-10(9(11)12-2)8-5-6-3-7(8)4-6/h6-8H,3-5H2,1-2H3. The molecule has 0 aliphatic heterocycles. The predicted octanol–water partition coefficient (Wildman–Crippen LogP) is 1.48. The first-order valence-corrected chi connectivity index (χ1v) is 4.53. The van der Waals surface area contributed by atoms with Gasteiger partial charge in [0.05, 0.1) is 7.11 Å². The average Bonchev–Trinajstić information content (AvgIpc) is 2.57. The smallest absolute Gasteiger partial charge is 0.409 e. The molecule has 1 unspecified atom stereocenters. The minimum Gasteiger partial charge on any atom is -0.453 e. The quantitative estimate of drug-likeness (QED) is 0.595. The number of ether oxygens (including phenoxy) is 1. The molecule has 0 aromatic heterocycles. The van der Waals surface area contributed by atoms with Crippen molar-refractivity contribution in [3.63, 3.8) is 0 Å². The third-order valence-electron chi connectivity index (χ3n) is 3.35. The first-order chi connectivity index (χ1) is 5.72. The number of carbonyl (C=O) groups excluding carboxylic acids is 1. The monoisotopic (exact) mass is 169 g/mol. The van der Waals surface area contributed by atoms with Crippen molar-refractivity contribution in [3.05, 3.63) is 0 Å². The molecule has 0 heterocycles. The van der Waals surface area contributed by atoms with Crippen LogP contribution in [-0.2, 0) is 4.74 Å². The Hall–Kier alpha value is -0.730. The van der Waals surface area contributed by atoms with Crippen molar-refractivity contribution in [2.75, 3.05) is 14.2 Å². The SMILES string of the molecule is COC(=O)N(C)C1CC2CC1C2. The molecule has 3 nitrogen and oxygen atoms in total. The first-order valence-electron chi connectivity index (χ1n) is 4.53. The molecule has 0 radical (unpaired) electrons. The van der Waals surface area contributed by atoms with Gasteiger partial charge < -0.3 is 9.64 Å². The van der Waals surface area contributed by atoms with Gasteiger partial charge in [0.1, 0.15) is 0 Å². The summed E-state index contributed by atoms with van der Waals surface area (Å²) in [5, 5.41) is 0. The van der Waals surface area contributed by atoms with E-state index in [0.29, 0.717) is 6.04 Å². The Morgan fingerprint density at radius 1 is 1.42 bits per heavy atom. The molecule has 0 aromatic carbocycles. The topological polar surface area (TPSA) is 29.5 Å². The molecule has 12 heavy (non-hydrogen) atoms. The highest BCUT2D eigenvalue weighted by Crippen LogP contribution is 2.50. The molecule has 0 saturated heterocycles. The van der Waals surface area contributed by atoms with E-state index < -0.39 is 0 Å². The number of amides is 1. The van der Waals surface area contributed by atoms with Crippen LogP contribution in [0.25, 0.3) is 0 Å². The minimum atomic E-state index is -0.187. The van der Waals surface area contributed by atoms with Gasteiger partial charge in [-0.1, -0.05) is 0 Å². The molecule has 3 aliphatic rings. The maximum absolute atomic E-state index is 11.2. The Morgan fingerprint density at radius 3 is 2.50 bits per heavy atom. The Morgan fingerprint density at radius 2 is 2.08 bits per heavy atom. The lowest BCUT2D eigenvalue weighted by molar-refractivity contribution is 0.109. The zero-order valence-corrected chi connectivity index (χ0v) is 7.62. The van der Waals surface area contributed by atoms with Crippen molar-refractivity contribution in [1.29, 1.82) is 0 Å². The van der Waals surface area contributed by atoms with Crippen LogP contribution in [0.1, 0.15) is 19.3 Å². The normalized spacial score (nSPS) is 37.3. The molecule has 0 N–H and O–H groups in total. The number of rotatable bonds is 1. The van der Waals surface area contributed by atoms with E-state index in [-0.39, 0.29) is 6.09 Å². The van der Waals surface area contributed by atoms with Crippen LogP contribution in [-0.4, -0.2) is 31.2 Å². The summed E-state index contributed by atoms with van der Waals surface area (Å²) in [5.41, 5.74) is 0. The average molecular weight is 169 g/mol. The summed E-state index contributed by atoms with van der Waals surface area (Å²) in [7, 11) is 3.29. The molecule has 1 atom stereocenters. The molecule has 0 spiro atoms. The number of nitrogens with zero attached hydrogens (tertiary/aromatic N) is 1. The second-order valence-corrected chi connectivity index (χ2v) is 3.98. The molecular weight excluding hydrogens is 154 g/mol. The molecule has 3 rings (SSSR count). The Labute approximate surface area is 72.7 Å². The lowest BCUT2D eigenvalue weighted by Gasteiger charge is -2.29. The molecular formula is C9H15NO2. The fourth-order valence-electron chi connectivity index (χ4n) is 2.58. The van der Waals surface area contributed by atoms with Crippen LogP contribution >= 0.6 is 0 Å². The van der Waals surface area contributed by atoms with Crippen molar-refractivity contribution in [2.24, 2.45) is 11.8 Å². The molecule has 3 fully saturated rings. The van der Waals surface area contributed by atoms with Crippen LogP contribution in [0.4, 0.5) is 4.79 Å². The second-order valence-electron chi connectivity index (χ2n) is 3.98. The third-order valence-corrected chi connectivity index (χ3v) is 3.35. The largest absolute Gasteiger partial charge is 0.453 e. The molecule has 3 saturated carbocycles. The summed E-state index contributed by atoms with van der Waals surface area (Å²) in [5.74, 6) is 1.66. The Kier molecular flexibility index (Phi) is 1.74. The van der Waals surface area contributed by atoms with Crippen molar-refractivity contribution in [1.82, 2.24) is 4.90 Å². The molecule has 1 amide bonds. The lowest BCUT2D eigenvalue weighted by Crippen LogP contribution is -2.38. The summed E-state index contributed by atoms with van der Waals surface area (Å²) < 4.78 is 4.68. The zero-order valence-electron chi connectivity index (χ0n) is 7.62. The highest BCUT2D eigenvalue weighted by atomic mass is 16.5. The van der Waals surface area contributed by atoms with Gasteiger partial charge in [0.15, 0.2) is 0 Å². The molecule has 68 valence electrons. The fraction of sp³-hybridized carbons (Fsp3) is 0.889. The van der Waals surface area contributed by atoms with Gasteiger partial charge in [-0.2, -0.15) is 0 Å². The zero-order chi connectivity index (χ0) is 8.72. The molecule has 2 bridgehead atoms. The van der Waals surface area contributed by atoms with E-state index in [1.807, 2.05) is 7.05 Å². The van der Waals surface area contributed by atoms with Crippen molar-refractivity contribution >= 4 is 6.09 Å². The van der Waals surface area contributed by atoms with E-state index in [2.05, 4.69) is 4.74 Å². The van der Waals surface area contributed by atoms with Crippen molar-refractivity contribution in [3.8, 4) is 0 Å². The fourth-order valence-corrected chi connectivity index (χ4v) is 2.58. The van der Waals surface area contributed by atoms with E-state index >= 15 is 0 Å². The summed E-state index contributed by atoms with van der Waals surface area (Å²) in [6.45, 7) is 0. The minimum absolute atomic E-state index is 0.187. The van der Waals surface area contributed by atoms with Gasteiger partial charge in [-0.15, -0.1) is 0 Å². The Balaban J connectivity index is 1.96. The van der Waals surface area contributed by atoms with Gasteiger partial charge in [-0.3, -0.25) is 0 Å². The van der Waals surface area contributed by atoms with Crippen LogP contribution in [0.5, 0.6) is 0 Å². The van der Waals surface area contributed by atoms with Gasteiger partial charge in [0, 0.05) is 13.1 Å².